The first-order valence-electron chi connectivity index (χ1n) is 4.22. The molecule has 72 valence electrons. The van der Waals surface area contributed by atoms with Gasteiger partial charge in [-0.2, -0.15) is 0 Å². The number of benzene rings is 1. The molecule has 0 aliphatic rings. The van der Waals surface area contributed by atoms with E-state index < -0.39 is 0 Å². The predicted octanol–water partition coefficient (Wildman–Crippen LogP) is 1.34. The van der Waals surface area contributed by atoms with Crippen LogP contribution in [0.15, 0.2) is 42.7 Å². The van der Waals surface area contributed by atoms with E-state index in [4.69, 9.17) is 5.73 Å². The van der Waals surface area contributed by atoms with Gasteiger partial charge in [0.05, 0.1) is 0 Å². The Balaban J connectivity index is 2.60. The quantitative estimate of drug-likeness (QED) is 0.555. The van der Waals surface area contributed by atoms with Crippen LogP contribution in [0.1, 0.15) is 10.4 Å². The topological polar surface area (TPSA) is 55.1 Å². The van der Waals surface area contributed by atoms with Crippen molar-refractivity contribution >= 4 is 11.6 Å². The second-order valence-corrected chi connectivity index (χ2v) is 2.74. The first-order chi connectivity index (χ1) is 6.74. The van der Waals surface area contributed by atoms with Crippen LogP contribution >= 0.6 is 0 Å². The molecule has 0 saturated heterocycles. The van der Waals surface area contributed by atoms with Crippen molar-refractivity contribution in [3.63, 3.8) is 0 Å². The number of nitrogens with two attached hydrogens (primary N) is 1. The number of amides is 1. The summed E-state index contributed by atoms with van der Waals surface area (Å²) >= 11 is 0. The molecule has 0 fully saturated rings. The van der Waals surface area contributed by atoms with Gasteiger partial charge in [-0.1, -0.05) is 6.58 Å². The van der Waals surface area contributed by atoms with E-state index in [0.29, 0.717) is 17.8 Å². The van der Waals surface area contributed by atoms with Gasteiger partial charge in [-0.05, 0) is 30.3 Å². The van der Waals surface area contributed by atoms with Gasteiger partial charge in [-0.25, -0.2) is 0 Å². The van der Waals surface area contributed by atoms with Crippen molar-refractivity contribution in [1.29, 1.82) is 0 Å². The molecule has 0 spiro atoms. The number of hydrogen-bond donors (Lipinski definition) is 2. The minimum absolute atomic E-state index is 0.128. The lowest BCUT2D eigenvalue weighted by molar-refractivity contribution is 0.0958. The zero-order chi connectivity index (χ0) is 10.4. The molecule has 0 aromatic heterocycles. The highest BCUT2D eigenvalue weighted by molar-refractivity contribution is 5.94. The first-order valence-corrected chi connectivity index (χ1v) is 4.22. The summed E-state index contributed by atoms with van der Waals surface area (Å²) in [5.41, 5.74) is 9.31. The Labute approximate surface area is 82.9 Å². The van der Waals surface area contributed by atoms with Crippen LogP contribution in [0.5, 0.6) is 0 Å². The molecule has 0 bridgehead atoms. The number of hydrogen-bond acceptors (Lipinski definition) is 2. The molecule has 0 unspecified atom stereocenters. The summed E-state index contributed by atoms with van der Waals surface area (Å²) in [4.78, 5) is 11.4. The summed E-state index contributed by atoms with van der Waals surface area (Å²) in [6, 6.07) is 6.75. The first kappa shape index (κ1) is 10.1. The van der Waals surface area contributed by atoms with Gasteiger partial charge in [0.2, 0.25) is 0 Å². The number of carbonyl (C=O) groups is 1. The van der Waals surface area contributed by atoms with Crippen LogP contribution in [0, 0.1) is 0 Å². The van der Waals surface area contributed by atoms with Crippen LogP contribution in [-0.4, -0.2) is 12.5 Å². The van der Waals surface area contributed by atoms with Gasteiger partial charge >= 0.3 is 0 Å². The van der Waals surface area contributed by atoms with Crippen molar-refractivity contribution < 1.29 is 4.79 Å². The molecule has 1 rings (SSSR count). The summed E-state index contributed by atoms with van der Waals surface area (Å²) in [7, 11) is 0. The van der Waals surface area contributed by atoms with E-state index >= 15 is 0 Å². The zero-order valence-corrected chi connectivity index (χ0v) is 7.79. The van der Waals surface area contributed by atoms with Gasteiger partial charge in [0.25, 0.3) is 5.91 Å². The van der Waals surface area contributed by atoms with Gasteiger partial charge in [-0.3, -0.25) is 4.79 Å². The van der Waals surface area contributed by atoms with E-state index in [1.807, 2.05) is 0 Å². The predicted molar refractivity (Wildman–Crippen MR) is 56.9 cm³/mol. The fourth-order valence-electron chi connectivity index (χ4n) is 0.952. The Morgan fingerprint density at radius 3 is 2.71 bits per heavy atom. The summed E-state index contributed by atoms with van der Waals surface area (Å²) in [5.74, 6) is -0.128. The average molecular weight is 188 g/mol. The molecule has 0 heterocycles. The SMILES string of the molecule is C=C=CCNC(=O)c1ccc(N)cc1. The monoisotopic (exact) mass is 188 g/mol. The van der Waals surface area contributed by atoms with Crippen LogP contribution in [0.2, 0.25) is 0 Å². The minimum atomic E-state index is -0.128. The van der Waals surface area contributed by atoms with Crippen LogP contribution in [0.25, 0.3) is 0 Å². The third kappa shape index (κ3) is 2.81. The lowest BCUT2D eigenvalue weighted by atomic mass is 10.2. The summed E-state index contributed by atoms with van der Waals surface area (Å²) in [6.07, 6.45) is 1.65. The molecule has 0 aliphatic carbocycles. The standard InChI is InChI=1S/C11H12N2O/c1-2-3-8-13-11(14)9-4-6-10(12)7-5-9/h3-7H,1,8,12H2,(H,13,14). The third-order valence-electron chi connectivity index (χ3n) is 1.68. The van der Waals surface area contributed by atoms with Crippen molar-refractivity contribution in [3.05, 3.63) is 48.2 Å². The van der Waals surface area contributed by atoms with Crippen LogP contribution < -0.4 is 11.1 Å². The molecule has 1 aromatic rings. The summed E-state index contributed by atoms with van der Waals surface area (Å²) in [5, 5.41) is 2.68. The Hall–Kier alpha value is -1.99. The zero-order valence-electron chi connectivity index (χ0n) is 7.79. The largest absolute Gasteiger partial charge is 0.399 e. The summed E-state index contributed by atoms with van der Waals surface area (Å²) < 4.78 is 0. The molecule has 3 heteroatoms. The van der Waals surface area contributed by atoms with Crippen LogP contribution in [0.4, 0.5) is 5.69 Å². The summed E-state index contributed by atoms with van der Waals surface area (Å²) in [6.45, 7) is 3.83. The lowest BCUT2D eigenvalue weighted by Crippen LogP contribution is -2.23. The third-order valence-corrected chi connectivity index (χ3v) is 1.68. The number of nitrogens with one attached hydrogen (secondary N) is 1. The highest BCUT2D eigenvalue weighted by Crippen LogP contribution is 2.04. The van der Waals surface area contributed by atoms with Crippen molar-refractivity contribution in [2.75, 3.05) is 12.3 Å². The smallest absolute Gasteiger partial charge is 0.251 e. The van der Waals surface area contributed by atoms with Gasteiger partial charge in [0.1, 0.15) is 0 Å². The highest BCUT2D eigenvalue weighted by Gasteiger charge is 2.01. The van der Waals surface area contributed by atoms with Crippen LogP contribution in [-0.2, 0) is 0 Å². The molecule has 0 atom stereocenters. The molecule has 1 amide bonds. The number of rotatable bonds is 3. The van der Waals surface area contributed by atoms with Gasteiger partial charge in [-0.15, -0.1) is 5.73 Å². The van der Waals surface area contributed by atoms with E-state index in [-0.39, 0.29) is 5.91 Å². The van der Waals surface area contributed by atoms with E-state index in [1.54, 1.807) is 30.3 Å². The Morgan fingerprint density at radius 1 is 1.50 bits per heavy atom. The molecule has 3 N–H and O–H groups in total. The Morgan fingerprint density at radius 2 is 2.14 bits per heavy atom. The van der Waals surface area contributed by atoms with Crippen molar-refractivity contribution in [1.82, 2.24) is 5.32 Å². The molecule has 0 radical (unpaired) electrons. The molecule has 14 heavy (non-hydrogen) atoms. The highest BCUT2D eigenvalue weighted by atomic mass is 16.1. The maximum atomic E-state index is 11.4. The molecule has 0 aliphatic heterocycles. The molecule has 1 aromatic carbocycles. The molecular formula is C11H12N2O. The van der Waals surface area contributed by atoms with E-state index in [9.17, 15) is 4.79 Å². The number of anilines is 1. The second-order valence-electron chi connectivity index (χ2n) is 2.74. The normalized spacial score (nSPS) is 8.86. The molecule has 3 nitrogen and oxygen atoms in total. The van der Waals surface area contributed by atoms with E-state index in [0.717, 1.165) is 0 Å². The fraction of sp³-hybridized carbons (Fsp3) is 0.0909. The van der Waals surface area contributed by atoms with E-state index in [2.05, 4.69) is 17.6 Å². The fourth-order valence-corrected chi connectivity index (χ4v) is 0.952. The van der Waals surface area contributed by atoms with Crippen molar-refractivity contribution in [2.24, 2.45) is 0 Å². The minimum Gasteiger partial charge on any atom is -0.399 e. The molecular weight excluding hydrogens is 176 g/mol. The number of carbonyl (C=O) groups excluding carboxylic acids is 1. The maximum absolute atomic E-state index is 11.4. The second kappa shape index (κ2) is 4.90. The Kier molecular flexibility index (Phi) is 3.53. The van der Waals surface area contributed by atoms with Gasteiger partial charge < -0.3 is 11.1 Å². The molecule has 0 saturated carbocycles. The van der Waals surface area contributed by atoms with Crippen molar-refractivity contribution in [3.8, 4) is 0 Å². The van der Waals surface area contributed by atoms with Crippen LogP contribution in [0.3, 0.4) is 0 Å². The van der Waals surface area contributed by atoms with Crippen molar-refractivity contribution in [2.45, 2.75) is 0 Å². The van der Waals surface area contributed by atoms with Gasteiger partial charge in [0.15, 0.2) is 0 Å². The van der Waals surface area contributed by atoms with E-state index in [1.165, 1.54) is 0 Å². The Bertz CT molecular complexity index is 361. The average Bonchev–Trinajstić information content (AvgIpc) is 2.19. The van der Waals surface area contributed by atoms with Gasteiger partial charge in [0, 0.05) is 17.8 Å². The maximum Gasteiger partial charge on any atom is 0.251 e. The number of nitrogen functional groups attached to an aromatic ring is 1. The lowest BCUT2D eigenvalue weighted by Gasteiger charge is -2.01.